The van der Waals surface area contributed by atoms with Crippen LogP contribution in [0.15, 0.2) is 24.3 Å². The quantitative estimate of drug-likeness (QED) is 0.611. The molecule has 7 heteroatoms. The van der Waals surface area contributed by atoms with E-state index in [4.69, 9.17) is 0 Å². The number of alkyl halides is 3. The van der Waals surface area contributed by atoms with Crippen LogP contribution in [0.1, 0.15) is 22.3 Å². The zero-order valence-corrected chi connectivity index (χ0v) is 9.96. The fourth-order valence-corrected chi connectivity index (χ4v) is 1.39. The Bertz CT molecular complexity index is 447. The summed E-state index contributed by atoms with van der Waals surface area (Å²) in [5.74, 6) is -0.572. The Morgan fingerprint density at radius 3 is 2.63 bits per heavy atom. The third-order valence-corrected chi connectivity index (χ3v) is 2.32. The molecular weight excluding hydrogens is 261 g/mol. The molecule has 0 atom stereocenters. The zero-order valence-electron chi connectivity index (χ0n) is 9.96. The van der Waals surface area contributed by atoms with Gasteiger partial charge in [0.25, 0.3) is 5.91 Å². The maximum absolute atomic E-state index is 12.4. The fourth-order valence-electron chi connectivity index (χ4n) is 1.39. The summed E-state index contributed by atoms with van der Waals surface area (Å²) in [4.78, 5) is 21.5. The Morgan fingerprint density at radius 1 is 1.26 bits per heavy atom. The van der Waals surface area contributed by atoms with Gasteiger partial charge in [0.2, 0.25) is 6.41 Å². The van der Waals surface area contributed by atoms with Crippen molar-refractivity contribution in [2.45, 2.75) is 12.6 Å². The highest BCUT2D eigenvalue weighted by Gasteiger charge is 2.30. The molecule has 2 N–H and O–H groups in total. The van der Waals surface area contributed by atoms with Gasteiger partial charge in [-0.3, -0.25) is 9.59 Å². The molecule has 0 aromatic heterocycles. The number of carbonyl (C=O) groups excluding carboxylic acids is 2. The van der Waals surface area contributed by atoms with Crippen molar-refractivity contribution in [3.05, 3.63) is 35.4 Å². The van der Waals surface area contributed by atoms with Gasteiger partial charge in [-0.15, -0.1) is 0 Å². The van der Waals surface area contributed by atoms with Gasteiger partial charge in [-0.25, -0.2) is 0 Å². The van der Waals surface area contributed by atoms with Crippen molar-refractivity contribution in [1.82, 2.24) is 10.6 Å². The topological polar surface area (TPSA) is 58.2 Å². The van der Waals surface area contributed by atoms with Gasteiger partial charge in [-0.1, -0.05) is 6.07 Å². The minimum absolute atomic E-state index is 0.0434. The number of amides is 2. The van der Waals surface area contributed by atoms with E-state index in [2.05, 4.69) is 10.6 Å². The lowest BCUT2D eigenvalue weighted by atomic mass is 10.1. The molecule has 1 aromatic rings. The number of benzene rings is 1. The summed E-state index contributed by atoms with van der Waals surface area (Å²) in [6, 6.07) is 4.21. The van der Waals surface area contributed by atoms with E-state index in [0.717, 1.165) is 12.1 Å². The van der Waals surface area contributed by atoms with E-state index in [-0.39, 0.29) is 12.1 Å². The van der Waals surface area contributed by atoms with Crippen LogP contribution in [0.4, 0.5) is 13.2 Å². The molecule has 4 nitrogen and oxygen atoms in total. The van der Waals surface area contributed by atoms with Crippen molar-refractivity contribution >= 4 is 12.3 Å². The zero-order chi connectivity index (χ0) is 14.3. The second kappa shape index (κ2) is 6.77. The first kappa shape index (κ1) is 15.0. The number of halogens is 3. The third-order valence-electron chi connectivity index (χ3n) is 2.32. The van der Waals surface area contributed by atoms with E-state index < -0.39 is 17.6 Å². The van der Waals surface area contributed by atoms with Gasteiger partial charge >= 0.3 is 6.18 Å². The van der Waals surface area contributed by atoms with Crippen molar-refractivity contribution in [2.24, 2.45) is 0 Å². The molecule has 0 unspecified atom stereocenters. The van der Waals surface area contributed by atoms with Crippen LogP contribution in [0, 0.1) is 0 Å². The van der Waals surface area contributed by atoms with E-state index >= 15 is 0 Å². The average Bonchev–Trinajstić information content (AvgIpc) is 2.37. The minimum Gasteiger partial charge on any atom is -0.359 e. The van der Waals surface area contributed by atoms with E-state index in [9.17, 15) is 22.8 Å². The van der Waals surface area contributed by atoms with Crippen molar-refractivity contribution < 1.29 is 22.8 Å². The van der Waals surface area contributed by atoms with Crippen LogP contribution < -0.4 is 10.6 Å². The molecular formula is C12H13F3N2O2. The van der Waals surface area contributed by atoms with Crippen LogP contribution in [0.5, 0.6) is 0 Å². The van der Waals surface area contributed by atoms with Gasteiger partial charge in [0.15, 0.2) is 0 Å². The lowest BCUT2D eigenvalue weighted by Gasteiger charge is -2.09. The highest BCUT2D eigenvalue weighted by atomic mass is 19.4. The van der Waals surface area contributed by atoms with E-state index in [1.165, 1.54) is 12.1 Å². The molecule has 0 aliphatic heterocycles. The predicted octanol–water partition coefficient (Wildman–Crippen LogP) is 1.57. The molecule has 0 saturated carbocycles. The maximum Gasteiger partial charge on any atom is 0.416 e. The van der Waals surface area contributed by atoms with Gasteiger partial charge in [0.1, 0.15) is 0 Å². The summed E-state index contributed by atoms with van der Waals surface area (Å²) in [6.45, 7) is 0.669. The summed E-state index contributed by atoms with van der Waals surface area (Å²) >= 11 is 0. The molecule has 1 rings (SSSR count). The average molecular weight is 274 g/mol. The molecule has 0 bridgehead atoms. The monoisotopic (exact) mass is 274 g/mol. The molecule has 0 fully saturated rings. The third kappa shape index (κ3) is 4.99. The van der Waals surface area contributed by atoms with Crippen molar-refractivity contribution in [3.8, 4) is 0 Å². The summed E-state index contributed by atoms with van der Waals surface area (Å²) < 4.78 is 37.3. The summed E-state index contributed by atoms with van der Waals surface area (Å²) in [5.41, 5.74) is -0.902. The summed E-state index contributed by atoms with van der Waals surface area (Å²) in [7, 11) is 0. The fraction of sp³-hybridized carbons (Fsp3) is 0.333. The Kier molecular flexibility index (Phi) is 5.35. The largest absolute Gasteiger partial charge is 0.416 e. The molecule has 0 aliphatic rings. The van der Waals surface area contributed by atoms with Crippen LogP contribution in [0.25, 0.3) is 0 Å². The molecule has 0 aliphatic carbocycles. The number of carbonyl (C=O) groups is 2. The Labute approximate surface area is 108 Å². The second-order valence-corrected chi connectivity index (χ2v) is 3.76. The first-order chi connectivity index (χ1) is 8.95. The van der Waals surface area contributed by atoms with E-state index in [0.29, 0.717) is 19.4 Å². The molecule has 0 saturated heterocycles. The van der Waals surface area contributed by atoms with Crippen molar-refractivity contribution in [2.75, 3.05) is 13.1 Å². The molecule has 2 amide bonds. The second-order valence-electron chi connectivity index (χ2n) is 3.76. The number of nitrogens with one attached hydrogen (secondary N) is 2. The molecule has 0 radical (unpaired) electrons. The Hall–Kier alpha value is -2.05. The molecule has 0 heterocycles. The Morgan fingerprint density at radius 2 is 2.00 bits per heavy atom. The van der Waals surface area contributed by atoms with E-state index in [1.54, 1.807) is 0 Å². The highest BCUT2D eigenvalue weighted by molar-refractivity contribution is 5.94. The lowest BCUT2D eigenvalue weighted by Crippen LogP contribution is -2.27. The van der Waals surface area contributed by atoms with E-state index in [1.807, 2.05) is 0 Å². The first-order valence-electron chi connectivity index (χ1n) is 5.57. The standard InChI is InChI=1S/C12H13F3N2O2/c13-12(14,15)10-4-1-3-9(7-10)11(19)17-6-2-5-16-8-18/h1,3-4,7-8H,2,5-6H2,(H,16,18)(H,17,19). The van der Waals surface area contributed by atoms with Crippen LogP contribution in [-0.2, 0) is 11.0 Å². The first-order valence-corrected chi connectivity index (χ1v) is 5.57. The van der Waals surface area contributed by atoms with Crippen molar-refractivity contribution in [3.63, 3.8) is 0 Å². The van der Waals surface area contributed by atoms with Crippen LogP contribution >= 0.6 is 0 Å². The highest BCUT2D eigenvalue weighted by Crippen LogP contribution is 2.29. The van der Waals surface area contributed by atoms with Crippen molar-refractivity contribution in [1.29, 1.82) is 0 Å². The lowest BCUT2D eigenvalue weighted by molar-refractivity contribution is -0.137. The summed E-state index contributed by atoms with van der Waals surface area (Å²) in [5, 5.41) is 4.88. The van der Waals surface area contributed by atoms with Gasteiger partial charge in [0, 0.05) is 18.7 Å². The van der Waals surface area contributed by atoms with Crippen LogP contribution in [0.3, 0.4) is 0 Å². The van der Waals surface area contributed by atoms with Gasteiger partial charge in [-0.2, -0.15) is 13.2 Å². The number of hydrogen-bond donors (Lipinski definition) is 2. The smallest absolute Gasteiger partial charge is 0.359 e. The SMILES string of the molecule is O=CNCCCNC(=O)c1cccc(C(F)(F)F)c1. The molecule has 1 aromatic carbocycles. The number of rotatable bonds is 6. The molecule has 0 spiro atoms. The number of hydrogen-bond acceptors (Lipinski definition) is 2. The normalized spacial score (nSPS) is 10.9. The van der Waals surface area contributed by atoms with Gasteiger partial charge < -0.3 is 10.6 Å². The van der Waals surface area contributed by atoms with Crippen LogP contribution in [-0.4, -0.2) is 25.4 Å². The predicted molar refractivity (Wildman–Crippen MR) is 62.5 cm³/mol. The Balaban J connectivity index is 2.55. The summed E-state index contributed by atoms with van der Waals surface area (Å²) in [6.07, 6.45) is -3.43. The van der Waals surface area contributed by atoms with Gasteiger partial charge in [0.05, 0.1) is 5.56 Å². The van der Waals surface area contributed by atoms with Crippen LogP contribution in [0.2, 0.25) is 0 Å². The molecule has 19 heavy (non-hydrogen) atoms. The molecule has 104 valence electrons. The van der Waals surface area contributed by atoms with Gasteiger partial charge in [-0.05, 0) is 24.6 Å². The maximum atomic E-state index is 12.4. The minimum atomic E-state index is -4.47.